The van der Waals surface area contributed by atoms with E-state index in [0.717, 1.165) is 74.7 Å². The van der Waals surface area contributed by atoms with Crippen LogP contribution in [0.15, 0.2) is 77.7 Å². The van der Waals surface area contributed by atoms with Crippen LogP contribution in [0.25, 0.3) is 11.5 Å². The van der Waals surface area contributed by atoms with Crippen molar-refractivity contribution in [2.75, 3.05) is 83.6 Å². The Bertz CT molecular complexity index is 2940. The molecule has 4 heterocycles. The SMILES string of the molecule is CN[C@@H](C)C(O)N[C@H](C(=O)N1Cc2cc(OCCOCCOCCOCCNCC3CCC(n4cc(NC(=O)c5coc(-c6ccnc(NCC7CC7)c6)n5)c(C(F)F)n4)CC3)ccc2C[C@H]1C(=O)N[C@@H]1CCCc2ccccc21)C(C)(C)C. The minimum absolute atomic E-state index is 0.0376. The van der Waals surface area contributed by atoms with Crippen LogP contribution in [0.3, 0.4) is 0 Å². The molecule has 5 aromatic rings. The van der Waals surface area contributed by atoms with Crippen molar-refractivity contribution in [2.24, 2.45) is 17.3 Å². The number of alkyl halides is 2. The number of nitrogens with one attached hydrogen (secondary N) is 6. The molecule has 3 aliphatic carbocycles. The summed E-state index contributed by atoms with van der Waals surface area (Å²) in [6.07, 6.45) is 9.31. The van der Waals surface area contributed by atoms with Gasteiger partial charge < -0.3 is 60.0 Å². The van der Waals surface area contributed by atoms with Crippen LogP contribution in [0.1, 0.15) is 136 Å². The molecule has 456 valence electrons. The summed E-state index contributed by atoms with van der Waals surface area (Å²) >= 11 is 0. The number of anilines is 2. The highest BCUT2D eigenvalue weighted by molar-refractivity contribution is 6.03. The number of rotatable bonds is 30. The number of carbonyl (C=O) groups excluding carboxylic acids is 3. The maximum absolute atomic E-state index is 14.7. The highest BCUT2D eigenvalue weighted by Crippen LogP contribution is 2.37. The van der Waals surface area contributed by atoms with E-state index in [9.17, 15) is 28.3 Å². The quantitative estimate of drug-likeness (QED) is 0.0172. The highest BCUT2D eigenvalue weighted by atomic mass is 19.3. The smallest absolute Gasteiger partial charge is 0.284 e. The summed E-state index contributed by atoms with van der Waals surface area (Å²) in [5.74, 6) is 1.51. The van der Waals surface area contributed by atoms with Crippen LogP contribution in [0.2, 0.25) is 0 Å². The molecule has 3 amide bonds. The van der Waals surface area contributed by atoms with Crippen LogP contribution in [-0.4, -0.2) is 145 Å². The molecule has 9 rings (SSSR count). The lowest BCUT2D eigenvalue weighted by molar-refractivity contribution is -0.147. The standard InChI is InChI=1S/C62H85F2N11O9/c1-39(65-5)57(76)72-55(62(2,3)4)61(79)74-36-45-31-47(20-17-43(45)32-52(74)59(78)69-49-12-8-10-42-9-6-7-11-48(42)49)83-30-29-82-28-27-81-26-25-80-24-23-66-34-40-15-18-46(19-16-40)75-37-50(54(73-75)56(63)64)70-58(77)51-38-84-60(71-51)44-21-22-67-53(33-44)68-35-41-13-14-41/h6-7,9,11,17,20-22,31,33,37-41,46,49,52,55-57,65-66,72,76H,8,10,12-16,18-19,23-30,32,34-36H2,1-5H3,(H,67,68)(H,69,78)(H,70,77)/t39-,40?,46?,49+,52-,55+,57?/m0/s1. The summed E-state index contributed by atoms with van der Waals surface area (Å²) in [6, 6.07) is 15.5. The number of aliphatic hydroxyl groups excluding tert-OH is 1. The van der Waals surface area contributed by atoms with Crippen LogP contribution < -0.4 is 36.6 Å². The summed E-state index contributed by atoms with van der Waals surface area (Å²) in [7, 11) is 1.76. The van der Waals surface area contributed by atoms with Crippen molar-refractivity contribution in [3.05, 3.63) is 107 Å². The fraction of sp³-hybridized carbons (Fsp3) is 0.581. The van der Waals surface area contributed by atoms with Gasteiger partial charge in [-0.15, -0.1) is 0 Å². The Balaban J connectivity index is 0.641. The predicted octanol–water partition coefficient (Wildman–Crippen LogP) is 7.77. The molecule has 20 nitrogen and oxygen atoms in total. The molecule has 7 N–H and O–H groups in total. The molecule has 1 unspecified atom stereocenters. The zero-order valence-corrected chi connectivity index (χ0v) is 49.2. The molecule has 0 radical (unpaired) electrons. The van der Waals surface area contributed by atoms with Crippen LogP contribution in [0, 0.1) is 17.3 Å². The lowest BCUT2D eigenvalue weighted by Gasteiger charge is -2.42. The second kappa shape index (κ2) is 29.6. The molecular weight excluding hydrogens is 1080 g/mol. The van der Waals surface area contributed by atoms with E-state index in [4.69, 9.17) is 23.4 Å². The Morgan fingerprint density at radius 2 is 1.58 bits per heavy atom. The van der Waals surface area contributed by atoms with Crippen molar-refractivity contribution < 1.29 is 51.6 Å². The van der Waals surface area contributed by atoms with Gasteiger partial charge in [-0.05, 0) is 142 Å². The van der Waals surface area contributed by atoms with E-state index in [1.807, 2.05) is 58.0 Å². The molecule has 22 heteroatoms. The van der Waals surface area contributed by atoms with Crippen molar-refractivity contribution in [1.82, 2.24) is 45.9 Å². The number of aryl methyl sites for hydroxylation is 1. The van der Waals surface area contributed by atoms with Gasteiger partial charge in [0.25, 0.3) is 12.3 Å². The molecule has 2 saturated carbocycles. The molecule has 2 fully saturated rings. The number of amides is 3. The average Bonchev–Trinajstić information content (AvgIpc) is 2.01. The molecule has 4 aliphatic rings. The molecule has 0 spiro atoms. The number of ether oxygens (including phenoxy) is 4. The summed E-state index contributed by atoms with van der Waals surface area (Å²) in [5, 5.41) is 34.2. The van der Waals surface area contributed by atoms with Crippen LogP contribution in [-0.2, 0) is 43.2 Å². The number of fused-ring (bicyclic) bond motifs is 2. The molecule has 84 heavy (non-hydrogen) atoms. The normalized spacial score (nSPS) is 19.9. The summed E-state index contributed by atoms with van der Waals surface area (Å²) in [5.41, 5.74) is 3.71. The highest BCUT2D eigenvalue weighted by Gasteiger charge is 2.43. The lowest BCUT2D eigenvalue weighted by Crippen LogP contribution is -2.63. The van der Waals surface area contributed by atoms with E-state index in [1.54, 1.807) is 35.0 Å². The zero-order chi connectivity index (χ0) is 59.2. The molecule has 2 aromatic carbocycles. The molecular formula is C62H85F2N11O9. The first-order valence-electron chi connectivity index (χ1n) is 29.9. The van der Waals surface area contributed by atoms with Crippen LogP contribution in [0.5, 0.6) is 5.75 Å². The fourth-order valence-corrected chi connectivity index (χ4v) is 11.2. The van der Waals surface area contributed by atoms with Gasteiger partial charge in [0.15, 0.2) is 11.4 Å². The van der Waals surface area contributed by atoms with Gasteiger partial charge in [0.1, 0.15) is 36.7 Å². The van der Waals surface area contributed by atoms with Crippen molar-refractivity contribution in [3.8, 4) is 17.2 Å². The number of benzene rings is 2. The van der Waals surface area contributed by atoms with Gasteiger partial charge >= 0.3 is 0 Å². The number of pyridine rings is 1. The fourth-order valence-electron chi connectivity index (χ4n) is 11.2. The van der Waals surface area contributed by atoms with Crippen molar-refractivity contribution in [3.63, 3.8) is 0 Å². The monoisotopic (exact) mass is 1170 g/mol. The Hall–Kier alpha value is -6.40. The van der Waals surface area contributed by atoms with Gasteiger partial charge in [-0.2, -0.15) is 5.10 Å². The first-order chi connectivity index (χ1) is 40.6. The average molecular weight is 1170 g/mol. The Morgan fingerprint density at radius 1 is 0.857 bits per heavy atom. The maximum Gasteiger partial charge on any atom is 0.284 e. The van der Waals surface area contributed by atoms with Crippen molar-refractivity contribution in [2.45, 2.75) is 141 Å². The Kier molecular flexibility index (Phi) is 21.9. The number of aliphatic hydroxyl groups is 1. The third kappa shape index (κ3) is 16.9. The zero-order valence-electron chi connectivity index (χ0n) is 49.2. The summed E-state index contributed by atoms with van der Waals surface area (Å²) in [6.45, 7) is 13.1. The number of hydrogen-bond donors (Lipinski definition) is 7. The first-order valence-corrected chi connectivity index (χ1v) is 29.9. The maximum atomic E-state index is 14.7. The minimum Gasteiger partial charge on any atom is -0.491 e. The van der Waals surface area contributed by atoms with Crippen LogP contribution in [0.4, 0.5) is 20.3 Å². The van der Waals surface area contributed by atoms with Crippen molar-refractivity contribution >= 4 is 29.2 Å². The third-order valence-electron chi connectivity index (χ3n) is 16.5. The Morgan fingerprint density at radius 3 is 2.32 bits per heavy atom. The number of halogens is 2. The number of aromatic nitrogens is 4. The van der Waals surface area contributed by atoms with Gasteiger partial charge in [-0.1, -0.05) is 51.1 Å². The minimum atomic E-state index is -2.88. The number of oxazole rings is 1. The van der Waals surface area contributed by atoms with E-state index in [0.29, 0.717) is 88.2 Å². The van der Waals surface area contributed by atoms with E-state index < -0.39 is 41.8 Å². The van der Waals surface area contributed by atoms with Gasteiger partial charge in [0.2, 0.25) is 17.7 Å². The van der Waals surface area contributed by atoms with Crippen LogP contribution >= 0.6 is 0 Å². The molecule has 3 aromatic heterocycles. The summed E-state index contributed by atoms with van der Waals surface area (Å²) in [4.78, 5) is 52.6. The Labute approximate surface area is 491 Å². The third-order valence-corrected chi connectivity index (χ3v) is 16.5. The van der Waals surface area contributed by atoms with E-state index in [1.165, 1.54) is 30.9 Å². The predicted molar refractivity (Wildman–Crippen MR) is 314 cm³/mol. The second-order valence-electron chi connectivity index (χ2n) is 23.8. The number of carbonyl (C=O) groups is 3. The van der Waals surface area contributed by atoms with Gasteiger partial charge in [-0.3, -0.25) is 24.4 Å². The number of nitrogens with zero attached hydrogens (tertiary/aromatic N) is 5. The largest absolute Gasteiger partial charge is 0.491 e. The number of likely N-dealkylation sites (N-methyl/N-ethyl adjacent to an activating group) is 1. The van der Waals surface area contributed by atoms with Crippen molar-refractivity contribution in [1.29, 1.82) is 0 Å². The second-order valence-corrected chi connectivity index (χ2v) is 23.8. The topological polar surface area (TPSA) is 241 Å². The molecule has 1 aliphatic heterocycles. The van der Waals surface area contributed by atoms with E-state index >= 15 is 0 Å². The molecule has 0 bridgehead atoms. The van der Waals surface area contributed by atoms with E-state index in [-0.39, 0.29) is 53.8 Å². The number of hydrogen-bond acceptors (Lipinski definition) is 16. The van der Waals surface area contributed by atoms with Gasteiger partial charge in [-0.25, -0.2) is 18.7 Å². The van der Waals surface area contributed by atoms with Gasteiger partial charge in [0, 0.05) is 50.1 Å². The summed E-state index contributed by atoms with van der Waals surface area (Å²) < 4.78 is 58.9. The van der Waals surface area contributed by atoms with Gasteiger partial charge in [0.05, 0.1) is 63.5 Å². The lowest BCUT2D eigenvalue weighted by atomic mass is 9.83. The first kappa shape index (κ1) is 62.1. The van der Waals surface area contributed by atoms with E-state index in [2.05, 4.69) is 59.1 Å². The molecule has 5 atom stereocenters. The molecule has 0 saturated heterocycles.